The summed E-state index contributed by atoms with van der Waals surface area (Å²) >= 11 is 0. The molecule has 1 atom stereocenters. The minimum absolute atomic E-state index is 0.156. The van der Waals surface area contributed by atoms with Crippen LogP contribution in [0, 0.1) is 0 Å². The fourth-order valence-electron chi connectivity index (χ4n) is 5.21. The van der Waals surface area contributed by atoms with Crippen LogP contribution in [0.15, 0.2) is 54.7 Å². The first kappa shape index (κ1) is 26.6. The van der Waals surface area contributed by atoms with Gasteiger partial charge in [0.15, 0.2) is 0 Å². The highest BCUT2D eigenvalue weighted by atomic mass is 16.5. The number of fused-ring (bicyclic) bond motifs is 1. The zero-order valence-electron chi connectivity index (χ0n) is 22.9. The zero-order chi connectivity index (χ0) is 27.4. The van der Waals surface area contributed by atoms with Crippen molar-refractivity contribution in [3.8, 4) is 5.75 Å². The first-order valence-electron chi connectivity index (χ1n) is 13.4. The van der Waals surface area contributed by atoms with Gasteiger partial charge in [-0.3, -0.25) is 4.79 Å². The molecule has 206 valence electrons. The molecule has 0 bridgehead atoms. The number of aromatic nitrogens is 2. The molecule has 2 aliphatic rings. The molecule has 39 heavy (non-hydrogen) atoms. The van der Waals surface area contributed by atoms with Crippen molar-refractivity contribution < 1.29 is 14.3 Å². The number of amides is 3. The lowest BCUT2D eigenvalue weighted by Gasteiger charge is -2.37. The highest BCUT2D eigenvalue weighted by molar-refractivity contribution is 6.03. The summed E-state index contributed by atoms with van der Waals surface area (Å²) < 4.78 is 7.07. The van der Waals surface area contributed by atoms with Crippen molar-refractivity contribution in [2.24, 2.45) is 0 Å². The standard InChI is InChI=1S/C29H37N7O3/c1-33(2)24-5-4-14-34(19-24)23-10-8-22(9-11-23)32-28(37)26-18-30-27-20-35(15-16-36(26)27)29(38)31-17-21-6-12-25(39-3)13-7-21/h6-13,18,24H,4-5,14-17,19-20H2,1-3H3,(H,31,38)(H,32,37). The van der Waals surface area contributed by atoms with Gasteiger partial charge in [-0.15, -0.1) is 0 Å². The largest absolute Gasteiger partial charge is 0.497 e. The Hall–Kier alpha value is -4.05. The number of carbonyl (C=O) groups is 2. The normalized spacial score (nSPS) is 17.1. The van der Waals surface area contributed by atoms with Crippen LogP contribution in [0.1, 0.15) is 34.7 Å². The first-order chi connectivity index (χ1) is 18.9. The van der Waals surface area contributed by atoms with Gasteiger partial charge in [0.1, 0.15) is 17.3 Å². The second-order valence-corrected chi connectivity index (χ2v) is 10.3. The molecule has 0 saturated carbocycles. The number of likely N-dealkylation sites (N-methyl/N-ethyl adjacent to an activating group) is 1. The van der Waals surface area contributed by atoms with Gasteiger partial charge >= 0.3 is 6.03 Å². The summed E-state index contributed by atoms with van der Waals surface area (Å²) in [5, 5.41) is 5.96. The minimum atomic E-state index is -0.204. The molecule has 1 aromatic heterocycles. The van der Waals surface area contributed by atoms with Crippen LogP contribution >= 0.6 is 0 Å². The average molecular weight is 532 g/mol. The third-order valence-electron chi connectivity index (χ3n) is 7.60. The van der Waals surface area contributed by atoms with Crippen LogP contribution in [-0.4, -0.2) is 78.2 Å². The number of nitrogens with zero attached hydrogens (tertiary/aromatic N) is 5. The second kappa shape index (κ2) is 11.8. The number of imidazole rings is 1. The lowest BCUT2D eigenvalue weighted by atomic mass is 10.0. The number of benzene rings is 2. The van der Waals surface area contributed by atoms with Crippen molar-refractivity contribution in [2.75, 3.05) is 51.1 Å². The molecule has 2 aromatic carbocycles. The lowest BCUT2D eigenvalue weighted by Crippen LogP contribution is -2.45. The number of hydrogen-bond donors (Lipinski definition) is 2. The monoisotopic (exact) mass is 531 g/mol. The van der Waals surface area contributed by atoms with Crippen LogP contribution in [0.4, 0.5) is 16.2 Å². The summed E-state index contributed by atoms with van der Waals surface area (Å²) in [4.78, 5) is 36.7. The Kier molecular flexibility index (Phi) is 8.02. The summed E-state index contributed by atoms with van der Waals surface area (Å²) in [6, 6.07) is 16.0. The lowest BCUT2D eigenvalue weighted by molar-refractivity contribution is 0.101. The highest BCUT2D eigenvalue weighted by Crippen LogP contribution is 2.24. The van der Waals surface area contributed by atoms with E-state index >= 15 is 0 Å². The fourth-order valence-corrected chi connectivity index (χ4v) is 5.21. The smallest absolute Gasteiger partial charge is 0.318 e. The maximum atomic E-state index is 13.1. The van der Waals surface area contributed by atoms with Gasteiger partial charge < -0.3 is 34.6 Å². The number of piperidine rings is 1. The van der Waals surface area contributed by atoms with Crippen LogP contribution in [0.3, 0.4) is 0 Å². The predicted molar refractivity (Wildman–Crippen MR) is 151 cm³/mol. The maximum Gasteiger partial charge on any atom is 0.318 e. The molecule has 0 radical (unpaired) electrons. The van der Waals surface area contributed by atoms with Gasteiger partial charge in [0.05, 0.1) is 19.9 Å². The molecule has 1 saturated heterocycles. The molecule has 0 aliphatic carbocycles. The van der Waals surface area contributed by atoms with Crippen LogP contribution in [0.2, 0.25) is 0 Å². The zero-order valence-corrected chi connectivity index (χ0v) is 22.9. The Bertz CT molecular complexity index is 1290. The van der Waals surface area contributed by atoms with Gasteiger partial charge in [0, 0.05) is 50.1 Å². The molecule has 3 heterocycles. The fraction of sp³-hybridized carbons (Fsp3) is 0.414. The summed E-state index contributed by atoms with van der Waals surface area (Å²) in [5.74, 6) is 1.27. The number of anilines is 2. The van der Waals surface area contributed by atoms with E-state index in [1.165, 1.54) is 18.5 Å². The average Bonchev–Trinajstić information content (AvgIpc) is 3.40. The third kappa shape index (κ3) is 6.17. The molecule has 2 aliphatic heterocycles. The minimum Gasteiger partial charge on any atom is -0.497 e. The summed E-state index contributed by atoms with van der Waals surface area (Å²) in [6.07, 6.45) is 3.99. The topological polar surface area (TPSA) is 95.0 Å². The number of ether oxygens (including phenoxy) is 1. The van der Waals surface area contributed by atoms with E-state index in [0.29, 0.717) is 43.7 Å². The molecule has 10 nitrogen and oxygen atoms in total. The number of carbonyl (C=O) groups excluding carboxylic acids is 2. The van der Waals surface area contributed by atoms with Gasteiger partial charge in [-0.1, -0.05) is 12.1 Å². The van der Waals surface area contributed by atoms with Gasteiger partial charge in [0.25, 0.3) is 5.91 Å². The molecule has 2 N–H and O–H groups in total. The second-order valence-electron chi connectivity index (χ2n) is 10.3. The molecular weight excluding hydrogens is 494 g/mol. The van der Waals surface area contributed by atoms with Crippen LogP contribution in [0.25, 0.3) is 0 Å². The van der Waals surface area contributed by atoms with E-state index < -0.39 is 0 Å². The van der Waals surface area contributed by atoms with Crippen molar-refractivity contribution in [3.05, 3.63) is 71.8 Å². The number of rotatable bonds is 7. The Morgan fingerprint density at radius 2 is 1.82 bits per heavy atom. The molecule has 1 fully saturated rings. The molecule has 5 rings (SSSR count). The van der Waals surface area contributed by atoms with E-state index in [9.17, 15) is 9.59 Å². The summed E-state index contributed by atoms with van der Waals surface area (Å²) in [6.45, 7) is 3.84. The van der Waals surface area contributed by atoms with Crippen LogP contribution < -0.4 is 20.3 Å². The van der Waals surface area contributed by atoms with Crippen LogP contribution in [-0.2, 0) is 19.6 Å². The van der Waals surface area contributed by atoms with E-state index in [1.807, 2.05) is 41.0 Å². The molecule has 10 heteroatoms. The quantitative estimate of drug-likeness (QED) is 0.485. The van der Waals surface area contributed by atoms with Crippen molar-refractivity contribution >= 4 is 23.3 Å². The Labute approximate surface area is 229 Å². The SMILES string of the molecule is COc1ccc(CNC(=O)N2CCn3c(C(=O)Nc4ccc(N5CCCC(N(C)C)C5)cc4)cnc3C2)cc1. The number of hydrogen-bond acceptors (Lipinski definition) is 6. The Morgan fingerprint density at radius 3 is 2.54 bits per heavy atom. The molecule has 0 spiro atoms. The Balaban J connectivity index is 1.15. The van der Waals surface area contributed by atoms with E-state index in [1.54, 1.807) is 18.2 Å². The van der Waals surface area contributed by atoms with Gasteiger partial charge in [0.2, 0.25) is 0 Å². The maximum absolute atomic E-state index is 13.1. The van der Waals surface area contributed by atoms with E-state index in [-0.39, 0.29) is 11.9 Å². The summed E-state index contributed by atoms with van der Waals surface area (Å²) in [5.41, 5.74) is 3.41. The van der Waals surface area contributed by atoms with Crippen molar-refractivity contribution in [1.82, 2.24) is 24.7 Å². The first-order valence-corrected chi connectivity index (χ1v) is 13.4. The molecular formula is C29H37N7O3. The Morgan fingerprint density at radius 1 is 1.05 bits per heavy atom. The third-order valence-corrected chi connectivity index (χ3v) is 7.60. The highest BCUT2D eigenvalue weighted by Gasteiger charge is 2.26. The van der Waals surface area contributed by atoms with E-state index in [2.05, 4.69) is 51.6 Å². The summed E-state index contributed by atoms with van der Waals surface area (Å²) in [7, 11) is 5.90. The number of methoxy groups -OCH3 is 1. The predicted octanol–water partition coefficient (Wildman–Crippen LogP) is 3.40. The number of urea groups is 1. The van der Waals surface area contributed by atoms with E-state index in [4.69, 9.17) is 4.74 Å². The van der Waals surface area contributed by atoms with Crippen LogP contribution in [0.5, 0.6) is 5.75 Å². The van der Waals surface area contributed by atoms with Crippen molar-refractivity contribution in [2.45, 2.75) is 38.5 Å². The van der Waals surface area contributed by atoms with Gasteiger partial charge in [-0.2, -0.15) is 0 Å². The number of nitrogens with one attached hydrogen (secondary N) is 2. The van der Waals surface area contributed by atoms with Crippen molar-refractivity contribution in [3.63, 3.8) is 0 Å². The molecule has 1 unspecified atom stereocenters. The van der Waals surface area contributed by atoms with E-state index in [0.717, 1.165) is 30.1 Å². The molecule has 3 amide bonds. The molecule has 3 aromatic rings. The van der Waals surface area contributed by atoms with Gasteiger partial charge in [-0.05, 0) is 68.9 Å². The van der Waals surface area contributed by atoms with Gasteiger partial charge in [-0.25, -0.2) is 9.78 Å². The van der Waals surface area contributed by atoms with Crippen molar-refractivity contribution in [1.29, 1.82) is 0 Å².